The Bertz CT molecular complexity index is 554. The van der Waals surface area contributed by atoms with Crippen LogP contribution < -0.4 is 10.6 Å². The van der Waals surface area contributed by atoms with E-state index in [-0.39, 0.29) is 0 Å². The molecular weight excluding hydrogens is 248 g/mol. The summed E-state index contributed by atoms with van der Waals surface area (Å²) in [5.41, 5.74) is 2.38. The maximum atomic E-state index is 4.28. The van der Waals surface area contributed by atoms with Gasteiger partial charge in [0, 0.05) is 17.8 Å². The van der Waals surface area contributed by atoms with Crippen LogP contribution in [0.5, 0.6) is 0 Å². The molecule has 0 saturated heterocycles. The minimum Gasteiger partial charge on any atom is -0.367 e. The number of nitrogens with zero attached hydrogens (tertiary/aromatic N) is 2. The van der Waals surface area contributed by atoms with Crippen molar-refractivity contribution < 1.29 is 0 Å². The first kappa shape index (κ1) is 14.3. The zero-order valence-corrected chi connectivity index (χ0v) is 12.4. The van der Waals surface area contributed by atoms with Crippen LogP contribution in [-0.4, -0.2) is 16.0 Å². The number of aromatic nitrogens is 2. The lowest BCUT2D eigenvalue weighted by Crippen LogP contribution is -2.14. The van der Waals surface area contributed by atoms with Gasteiger partial charge in [-0.25, -0.2) is 9.97 Å². The Morgan fingerprint density at radius 3 is 2.60 bits per heavy atom. The van der Waals surface area contributed by atoms with Gasteiger partial charge in [0.05, 0.1) is 0 Å². The summed E-state index contributed by atoms with van der Waals surface area (Å²) >= 11 is 0. The molecule has 0 aliphatic rings. The number of hydrogen-bond donors (Lipinski definition) is 2. The molecule has 1 aromatic heterocycles. The third kappa shape index (κ3) is 3.70. The lowest BCUT2D eigenvalue weighted by atomic mass is 10.1. The Kier molecular flexibility index (Phi) is 4.93. The highest BCUT2D eigenvalue weighted by molar-refractivity contribution is 5.62. The topological polar surface area (TPSA) is 49.8 Å². The molecule has 0 amide bonds. The van der Waals surface area contributed by atoms with Crippen LogP contribution in [0.2, 0.25) is 0 Å². The van der Waals surface area contributed by atoms with Crippen molar-refractivity contribution in [1.29, 1.82) is 0 Å². The average Bonchev–Trinajstić information content (AvgIpc) is 2.48. The average molecular weight is 270 g/mol. The summed E-state index contributed by atoms with van der Waals surface area (Å²) in [6, 6.07) is 10.6. The summed E-state index contributed by atoms with van der Waals surface area (Å²) in [5, 5.41) is 6.72. The summed E-state index contributed by atoms with van der Waals surface area (Å²) in [6.45, 7) is 6.44. The second-order valence-electron chi connectivity index (χ2n) is 4.88. The first-order valence-corrected chi connectivity index (χ1v) is 7.16. The maximum absolute atomic E-state index is 4.28. The molecule has 1 heterocycles. The molecular formula is C16H22N4. The molecule has 0 aliphatic carbocycles. The summed E-state index contributed by atoms with van der Waals surface area (Å²) in [7, 11) is 0. The first-order chi connectivity index (χ1) is 9.72. The smallest absolute Gasteiger partial charge is 0.135 e. The lowest BCUT2D eigenvalue weighted by molar-refractivity contribution is 0.758. The molecule has 2 rings (SSSR count). The minimum absolute atomic E-state index is 0.403. The molecule has 2 aromatic rings. The molecule has 1 unspecified atom stereocenters. The number of hydrogen-bond acceptors (Lipinski definition) is 4. The van der Waals surface area contributed by atoms with E-state index >= 15 is 0 Å². The Labute approximate surface area is 120 Å². The third-order valence-electron chi connectivity index (χ3n) is 3.33. The Morgan fingerprint density at radius 1 is 1.10 bits per heavy atom. The molecule has 0 spiro atoms. The van der Waals surface area contributed by atoms with Crippen molar-refractivity contribution in [3.63, 3.8) is 0 Å². The lowest BCUT2D eigenvalue weighted by Gasteiger charge is -2.14. The van der Waals surface area contributed by atoms with Gasteiger partial charge in [-0.05, 0) is 31.4 Å². The molecule has 0 aliphatic heterocycles. The quantitative estimate of drug-likeness (QED) is 0.833. The molecule has 2 N–H and O–H groups in total. The molecule has 0 radical (unpaired) electrons. The van der Waals surface area contributed by atoms with Crippen LogP contribution in [0.15, 0.2) is 36.7 Å². The van der Waals surface area contributed by atoms with Crippen molar-refractivity contribution in [2.75, 3.05) is 10.6 Å². The number of benzene rings is 1. The first-order valence-electron chi connectivity index (χ1n) is 7.16. The van der Waals surface area contributed by atoms with Gasteiger partial charge >= 0.3 is 0 Å². The second-order valence-corrected chi connectivity index (χ2v) is 4.88. The minimum atomic E-state index is 0.403. The molecule has 0 fully saturated rings. The van der Waals surface area contributed by atoms with Crippen LogP contribution in [0.1, 0.15) is 32.8 Å². The zero-order chi connectivity index (χ0) is 14.4. The van der Waals surface area contributed by atoms with E-state index in [0.717, 1.165) is 30.2 Å². The van der Waals surface area contributed by atoms with Gasteiger partial charge in [0.2, 0.25) is 0 Å². The van der Waals surface area contributed by atoms with Crippen LogP contribution in [0.25, 0.3) is 0 Å². The van der Waals surface area contributed by atoms with Crippen molar-refractivity contribution in [2.45, 2.75) is 39.7 Å². The molecule has 4 nitrogen and oxygen atoms in total. The van der Waals surface area contributed by atoms with Gasteiger partial charge in [-0.1, -0.05) is 32.0 Å². The summed E-state index contributed by atoms with van der Waals surface area (Å²) in [4.78, 5) is 8.53. The number of anilines is 3. The number of aryl methyl sites for hydroxylation is 1. The maximum Gasteiger partial charge on any atom is 0.135 e. The Hall–Kier alpha value is -2.10. The number of rotatable bonds is 6. The van der Waals surface area contributed by atoms with Crippen LogP contribution >= 0.6 is 0 Å². The molecule has 106 valence electrons. The van der Waals surface area contributed by atoms with Crippen LogP contribution in [0.3, 0.4) is 0 Å². The van der Waals surface area contributed by atoms with Crippen molar-refractivity contribution >= 4 is 17.3 Å². The number of nitrogens with one attached hydrogen (secondary N) is 2. The van der Waals surface area contributed by atoms with E-state index in [1.165, 1.54) is 5.56 Å². The predicted octanol–water partition coefficient (Wildman–Crippen LogP) is 3.99. The van der Waals surface area contributed by atoms with Gasteiger partial charge in [0.15, 0.2) is 0 Å². The van der Waals surface area contributed by atoms with Crippen molar-refractivity contribution in [3.8, 4) is 0 Å². The normalized spacial score (nSPS) is 11.9. The van der Waals surface area contributed by atoms with Gasteiger partial charge < -0.3 is 10.6 Å². The fourth-order valence-electron chi connectivity index (χ4n) is 1.95. The highest BCUT2D eigenvalue weighted by Crippen LogP contribution is 2.21. The monoisotopic (exact) mass is 270 g/mol. The van der Waals surface area contributed by atoms with Gasteiger partial charge in [0.1, 0.15) is 18.0 Å². The SMILES string of the molecule is CCc1ccccc1Nc1cc(NC(C)CC)ncn1. The van der Waals surface area contributed by atoms with Gasteiger partial charge in [-0.2, -0.15) is 0 Å². The van der Waals surface area contributed by atoms with E-state index in [0.29, 0.717) is 6.04 Å². The van der Waals surface area contributed by atoms with E-state index in [1.54, 1.807) is 6.33 Å². The molecule has 0 bridgehead atoms. The highest BCUT2D eigenvalue weighted by Gasteiger charge is 2.04. The van der Waals surface area contributed by atoms with E-state index < -0.39 is 0 Å². The molecule has 20 heavy (non-hydrogen) atoms. The van der Waals surface area contributed by atoms with Crippen molar-refractivity contribution in [1.82, 2.24) is 9.97 Å². The third-order valence-corrected chi connectivity index (χ3v) is 3.33. The zero-order valence-electron chi connectivity index (χ0n) is 12.4. The molecule has 1 aromatic carbocycles. The summed E-state index contributed by atoms with van der Waals surface area (Å²) in [6.07, 6.45) is 3.64. The van der Waals surface area contributed by atoms with Gasteiger partial charge in [-0.3, -0.25) is 0 Å². The highest BCUT2D eigenvalue weighted by atomic mass is 15.1. The van der Waals surface area contributed by atoms with E-state index in [4.69, 9.17) is 0 Å². The van der Waals surface area contributed by atoms with Gasteiger partial charge in [-0.15, -0.1) is 0 Å². The fraction of sp³-hybridized carbons (Fsp3) is 0.375. The van der Waals surface area contributed by atoms with E-state index in [2.05, 4.69) is 59.6 Å². The Balaban J connectivity index is 2.15. The van der Waals surface area contributed by atoms with E-state index in [1.807, 2.05) is 12.1 Å². The Morgan fingerprint density at radius 2 is 1.85 bits per heavy atom. The van der Waals surface area contributed by atoms with Crippen LogP contribution in [-0.2, 0) is 6.42 Å². The van der Waals surface area contributed by atoms with E-state index in [9.17, 15) is 0 Å². The van der Waals surface area contributed by atoms with Crippen molar-refractivity contribution in [2.24, 2.45) is 0 Å². The number of para-hydroxylation sites is 1. The molecule has 1 atom stereocenters. The summed E-state index contributed by atoms with van der Waals surface area (Å²) < 4.78 is 0. The molecule has 0 saturated carbocycles. The van der Waals surface area contributed by atoms with Crippen molar-refractivity contribution in [3.05, 3.63) is 42.2 Å². The molecule has 4 heteroatoms. The fourth-order valence-corrected chi connectivity index (χ4v) is 1.95. The predicted molar refractivity (Wildman–Crippen MR) is 84.5 cm³/mol. The van der Waals surface area contributed by atoms with Gasteiger partial charge in [0.25, 0.3) is 0 Å². The largest absolute Gasteiger partial charge is 0.367 e. The standard InChI is InChI=1S/C16H22N4/c1-4-12(3)19-15-10-16(18-11-17-15)20-14-9-7-6-8-13(14)5-2/h6-12H,4-5H2,1-3H3,(H2,17,18,19,20). The second kappa shape index (κ2) is 6.89. The van der Waals surface area contributed by atoms with Crippen LogP contribution in [0.4, 0.5) is 17.3 Å². The summed E-state index contributed by atoms with van der Waals surface area (Å²) in [5.74, 6) is 1.66. The van der Waals surface area contributed by atoms with Crippen LogP contribution in [0, 0.1) is 0 Å².